The van der Waals surface area contributed by atoms with Gasteiger partial charge in [0.15, 0.2) is 0 Å². The van der Waals surface area contributed by atoms with Gasteiger partial charge >= 0.3 is 0 Å². The van der Waals surface area contributed by atoms with Crippen LogP contribution in [0.15, 0.2) is 65.1 Å². The lowest BCUT2D eigenvalue weighted by molar-refractivity contribution is 0.530. The molecule has 21 heavy (non-hydrogen) atoms. The second kappa shape index (κ2) is 6.06. The van der Waals surface area contributed by atoms with Crippen LogP contribution in [-0.4, -0.2) is 4.98 Å². The average Bonchev–Trinajstić information content (AvgIpc) is 2.93. The number of rotatable bonds is 4. The van der Waals surface area contributed by atoms with Gasteiger partial charge in [-0.05, 0) is 17.7 Å². The Hall–Kier alpha value is -2.86. The van der Waals surface area contributed by atoms with Gasteiger partial charge in [-0.3, -0.25) is 0 Å². The summed E-state index contributed by atoms with van der Waals surface area (Å²) in [6, 6.07) is 22.0. The van der Waals surface area contributed by atoms with Crippen LogP contribution in [0.2, 0.25) is 0 Å². The normalized spacial score (nSPS) is 10.2. The van der Waals surface area contributed by atoms with Crippen LogP contribution < -0.4 is 0 Å². The van der Waals surface area contributed by atoms with Crippen molar-refractivity contribution in [3.63, 3.8) is 0 Å². The Kier molecular flexibility index (Phi) is 3.79. The molecule has 0 amide bonds. The zero-order valence-electron chi connectivity index (χ0n) is 11.5. The van der Waals surface area contributed by atoms with Crippen LogP contribution in [-0.2, 0) is 12.8 Å². The first-order valence-electron chi connectivity index (χ1n) is 6.81. The third-order valence-corrected chi connectivity index (χ3v) is 3.25. The quantitative estimate of drug-likeness (QED) is 0.722. The van der Waals surface area contributed by atoms with E-state index in [0.29, 0.717) is 18.1 Å². The van der Waals surface area contributed by atoms with E-state index >= 15 is 0 Å². The molecule has 2 aromatic carbocycles. The van der Waals surface area contributed by atoms with Gasteiger partial charge in [0.2, 0.25) is 5.89 Å². The van der Waals surface area contributed by atoms with Gasteiger partial charge < -0.3 is 4.42 Å². The highest BCUT2D eigenvalue weighted by Crippen LogP contribution is 2.23. The summed E-state index contributed by atoms with van der Waals surface area (Å²) in [7, 11) is 0. The van der Waals surface area contributed by atoms with Gasteiger partial charge in [-0.2, -0.15) is 5.26 Å². The third-order valence-electron chi connectivity index (χ3n) is 3.25. The molecule has 0 aliphatic rings. The van der Waals surface area contributed by atoms with Crippen molar-refractivity contribution in [1.82, 2.24) is 4.98 Å². The molecule has 1 heterocycles. The number of hydrogen-bond donors (Lipinski definition) is 0. The second-order valence-corrected chi connectivity index (χ2v) is 4.75. The van der Waals surface area contributed by atoms with E-state index in [1.54, 1.807) is 0 Å². The van der Waals surface area contributed by atoms with Gasteiger partial charge in [-0.25, -0.2) is 4.98 Å². The monoisotopic (exact) mass is 274 g/mol. The molecule has 0 aliphatic carbocycles. The largest absolute Gasteiger partial charge is 0.440 e. The summed E-state index contributed by atoms with van der Waals surface area (Å²) in [5, 5.41) is 8.95. The summed E-state index contributed by atoms with van der Waals surface area (Å²) >= 11 is 0. The molecule has 3 aromatic rings. The highest BCUT2D eigenvalue weighted by atomic mass is 16.4. The first-order chi connectivity index (χ1) is 10.4. The molecule has 0 fully saturated rings. The Bertz CT molecular complexity index is 755. The first kappa shape index (κ1) is 13.1. The van der Waals surface area contributed by atoms with E-state index in [0.717, 1.165) is 16.8 Å². The molecule has 0 spiro atoms. The van der Waals surface area contributed by atoms with Crippen molar-refractivity contribution in [2.45, 2.75) is 12.8 Å². The Morgan fingerprint density at radius 1 is 0.952 bits per heavy atom. The second-order valence-electron chi connectivity index (χ2n) is 4.75. The van der Waals surface area contributed by atoms with Gasteiger partial charge in [-0.15, -0.1) is 0 Å². The summed E-state index contributed by atoms with van der Waals surface area (Å²) < 4.78 is 5.78. The fourth-order valence-electron chi connectivity index (χ4n) is 2.22. The van der Waals surface area contributed by atoms with Gasteiger partial charge in [0, 0.05) is 12.0 Å². The van der Waals surface area contributed by atoms with Crippen LogP contribution in [0.25, 0.3) is 11.5 Å². The number of hydrogen-bond acceptors (Lipinski definition) is 3. The molecule has 0 radical (unpaired) electrons. The van der Waals surface area contributed by atoms with Crippen LogP contribution in [0.5, 0.6) is 0 Å². The molecule has 0 saturated carbocycles. The summed E-state index contributed by atoms with van der Waals surface area (Å²) in [4.78, 5) is 4.58. The van der Waals surface area contributed by atoms with Crippen molar-refractivity contribution >= 4 is 0 Å². The highest BCUT2D eigenvalue weighted by Gasteiger charge is 2.14. The highest BCUT2D eigenvalue weighted by molar-refractivity contribution is 5.53. The van der Waals surface area contributed by atoms with E-state index in [1.165, 1.54) is 0 Å². The molecule has 1 aromatic heterocycles. The maximum Gasteiger partial charge on any atom is 0.226 e. The molecule has 0 unspecified atom stereocenters. The molecule has 102 valence electrons. The van der Waals surface area contributed by atoms with Crippen LogP contribution in [0.1, 0.15) is 17.0 Å². The Balaban J connectivity index is 1.96. The molecule has 3 rings (SSSR count). The van der Waals surface area contributed by atoms with Crippen LogP contribution in [0, 0.1) is 11.3 Å². The first-order valence-corrected chi connectivity index (χ1v) is 6.81. The smallest absolute Gasteiger partial charge is 0.226 e. The van der Waals surface area contributed by atoms with Crippen LogP contribution >= 0.6 is 0 Å². The third kappa shape index (κ3) is 3.01. The number of benzene rings is 2. The van der Waals surface area contributed by atoms with E-state index in [9.17, 15) is 0 Å². The van der Waals surface area contributed by atoms with E-state index in [1.807, 2.05) is 60.7 Å². The van der Waals surface area contributed by atoms with Crippen molar-refractivity contribution < 1.29 is 4.42 Å². The fourth-order valence-corrected chi connectivity index (χ4v) is 2.22. The Morgan fingerprint density at radius 3 is 2.29 bits per heavy atom. The predicted molar refractivity (Wildman–Crippen MR) is 80.5 cm³/mol. The molecule has 0 bridgehead atoms. The summed E-state index contributed by atoms with van der Waals surface area (Å²) in [5.74, 6) is 1.23. The van der Waals surface area contributed by atoms with Gasteiger partial charge in [0.05, 0.1) is 18.2 Å². The Labute approximate surface area is 123 Å². The lowest BCUT2D eigenvalue weighted by Crippen LogP contribution is -1.93. The molecule has 0 saturated heterocycles. The molecular formula is C18H14N2O. The molecule has 3 heteroatoms. The van der Waals surface area contributed by atoms with Gasteiger partial charge in [-0.1, -0.05) is 48.5 Å². The summed E-state index contributed by atoms with van der Waals surface area (Å²) in [6.07, 6.45) is 0.913. The maximum atomic E-state index is 8.95. The van der Waals surface area contributed by atoms with Gasteiger partial charge in [0.25, 0.3) is 0 Å². The topological polar surface area (TPSA) is 49.8 Å². The van der Waals surface area contributed by atoms with Gasteiger partial charge in [0.1, 0.15) is 5.76 Å². The minimum Gasteiger partial charge on any atom is -0.440 e. The van der Waals surface area contributed by atoms with E-state index < -0.39 is 0 Å². The minimum atomic E-state index is 0.238. The van der Waals surface area contributed by atoms with E-state index in [2.05, 4.69) is 11.1 Å². The number of nitrogens with zero attached hydrogens (tertiary/aromatic N) is 2. The van der Waals surface area contributed by atoms with E-state index in [-0.39, 0.29) is 6.42 Å². The van der Waals surface area contributed by atoms with Crippen molar-refractivity contribution in [2.24, 2.45) is 0 Å². The lowest BCUT2D eigenvalue weighted by atomic mass is 10.1. The molecular weight excluding hydrogens is 260 g/mol. The van der Waals surface area contributed by atoms with Crippen molar-refractivity contribution in [3.8, 4) is 17.5 Å². The number of oxazole rings is 1. The van der Waals surface area contributed by atoms with Crippen molar-refractivity contribution in [3.05, 3.63) is 77.7 Å². The standard InChI is InChI=1S/C18H14N2O/c19-12-11-17-16(13-14-7-3-1-4-8-14)20-18(21-17)15-9-5-2-6-10-15/h1-10H,11,13H2. The number of nitriles is 1. The van der Waals surface area contributed by atoms with Crippen LogP contribution in [0.3, 0.4) is 0 Å². The number of aromatic nitrogens is 1. The molecule has 0 N–H and O–H groups in total. The average molecular weight is 274 g/mol. The summed E-state index contributed by atoms with van der Waals surface area (Å²) in [6.45, 7) is 0. The summed E-state index contributed by atoms with van der Waals surface area (Å²) in [5.41, 5.74) is 2.92. The molecule has 0 atom stereocenters. The predicted octanol–water partition coefficient (Wildman–Crippen LogP) is 4.00. The van der Waals surface area contributed by atoms with Crippen molar-refractivity contribution in [2.75, 3.05) is 0 Å². The minimum absolute atomic E-state index is 0.238. The van der Waals surface area contributed by atoms with E-state index in [4.69, 9.17) is 9.68 Å². The SMILES string of the molecule is N#CCc1oc(-c2ccccc2)nc1Cc1ccccc1. The van der Waals surface area contributed by atoms with Crippen molar-refractivity contribution in [1.29, 1.82) is 5.26 Å². The maximum absolute atomic E-state index is 8.95. The zero-order chi connectivity index (χ0) is 14.5. The molecule has 0 aliphatic heterocycles. The zero-order valence-corrected chi connectivity index (χ0v) is 11.5. The molecule has 3 nitrogen and oxygen atoms in total. The Morgan fingerprint density at radius 2 is 1.62 bits per heavy atom. The fraction of sp³-hybridized carbons (Fsp3) is 0.111. The lowest BCUT2D eigenvalue weighted by Gasteiger charge is -1.98. The van der Waals surface area contributed by atoms with Crippen LogP contribution in [0.4, 0.5) is 0 Å².